The molecule has 8 nitrogen and oxygen atoms in total. The van der Waals surface area contributed by atoms with Crippen LogP contribution in [0.15, 0.2) is 23.3 Å². The van der Waals surface area contributed by atoms with Crippen molar-refractivity contribution in [1.29, 1.82) is 0 Å². The van der Waals surface area contributed by atoms with E-state index in [1.54, 1.807) is 0 Å². The molecule has 1 aromatic heterocycles. The van der Waals surface area contributed by atoms with Crippen LogP contribution in [0.3, 0.4) is 0 Å². The Bertz CT molecular complexity index is 663. The number of rotatable bonds is 8. The van der Waals surface area contributed by atoms with Crippen molar-refractivity contribution in [2.75, 3.05) is 71.1 Å². The third-order valence-corrected chi connectivity index (χ3v) is 5.66. The van der Waals surface area contributed by atoms with Crippen molar-refractivity contribution >= 4 is 35.8 Å². The van der Waals surface area contributed by atoms with Crippen molar-refractivity contribution in [3.05, 3.63) is 23.9 Å². The zero-order valence-electron chi connectivity index (χ0n) is 19.2. The normalized spacial score (nSPS) is 19.1. The molecule has 0 aromatic carbocycles. The van der Waals surface area contributed by atoms with E-state index in [-0.39, 0.29) is 24.0 Å². The van der Waals surface area contributed by atoms with Crippen LogP contribution in [0.25, 0.3) is 0 Å². The van der Waals surface area contributed by atoms with Gasteiger partial charge in [0.05, 0.1) is 26.4 Å². The molecule has 0 radical (unpaired) electrons. The third kappa shape index (κ3) is 8.36. The highest BCUT2D eigenvalue weighted by molar-refractivity contribution is 14.0. The standard InChI is InChI=1S/C22H38N6O2.HI/c1-18(2)15-20(27-7-11-29-12-8-27)17-26-22(23-3)25-16-19-5-4-6-24-21(19)28-9-13-30-14-10-28;/h4-6,18,20H,7-17H2,1-3H3,(H2,23,25,26);1H. The van der Waals surface area contributed by atoms with Crippen LogP contribution in [0, 0.1) is 5.92 Å². The summed E-state index contributed by atoms with van der Waals surface area (Å²) in [5.74, 6) is 2.52. The van der Waals surface area contributed by atoms with Crippen molar-refractivity contribution in [1.82, 2.24) is 20.5 Å². The Hall–Kier alpha value is -1.17. The predicted molar refractivity (Wildman–Crippen MR) is 137 cm³/mol. The first-order valence-corrected chi connectivity index (χ1v) is 11.2. The number of morpholine rings is 2. The second kappa shape index (κ2) is 14.1. The summed E-state index contributed by atoms with van der Waals surface area (Å²) in [7, 11) is 1.83. The topological polar surface area (TPSA) is 74.2 Å². The number of hydrogen-bond donors (Lipinski definition) is 2. The van der Waals surface area contributed by atoms with E-state index >= 15 is 0 Å². The molecule has 31 heavy (non-hydrogen) atoms. The minimum Gasteiger partial charge on any atom is -0.379 e. The first-order chi connectivity index (χ1) is 14.7. The average molecular weight is 546 g/mol. The van der Waals surface area contributed by atoms with Gasteiger partial charge in [0.2, 0.25) is 0 Å². The number of nitrogens with zero attached hydrogens (tertiary/aromatic N) is 4. The fourth-order valence-electron chi connectivity index (χ4n) is 4.09. The summed E-state index contributed by atoms with van der Waals surface area (Å²) in [4.78, 5) is 13.9. The van der Waals surface area contributed by atoms with Gasteiger partial charge in [-0.3, -0.25) is 9.89 Å². The van der Waals surface area contributed by atoms with E-state index in [1.165, 1.54) is 5.56 Å². The molecule has 1 atom stereocenters. The smallest absolute Gasteiger partial charge is 0.191 e. The molecule has 176 valence electrons. The molecule has 2 aliphatic heterocycles. The summed E-state index contributed by atoms with van der Waals surface area (Å²) >= 11 is 0. The minimum absolute atomic E-state index is 0. The molecule has 2 aliphatic rings. The van der Waals surface area contributed by atoms with Crippen LogP contribution >= 0.6 is 24.0 Å². The summed E-state index contributed by atoms with van der Waals surface area (Å²) < 4.78 is 11.0. The van der Waals surface area contributed by atoms with Crippen LogP contribution in [0.5, 0.6) is 0 Å². The van der Waals surface area contributed by atoms with Crippen LogP contribution in [-0.2, 0) is 16.0 Å². The zero-order chi connectivity index (χ0) is 21.2. The van der Waals surface area contributed by atoms with Crippen molar-refractivity contribution in [3.8, 4) is 0 Å². The second-order valence-corrected chi connectivity index (χ2v) is 8.32. The molecule has 2 N–H and O–H groups in total. The third-order valence-electron chi connectivity index (χ3n) is 5.66. The lowest BCUT2D eigenvalue weighted by Gasteiger charge is -2.35. The molecule has 0 saturated carbocycles. The van der Waals surface area contributed by atoms with Crippen molar-refractivity contribution in [3.63, 3.8) is 0 Å². The lowest BCUT2D eigenvalue weighted by atomic mass is 10.0. The SMILES string of the molecule is CN=C(NCc1cccnc1N1CCOCC1)NCC(CC(C)C)N1CCOCC1.I. The molecule has 0 aliphatic carbocycles. The maximum Gasteiger partial charge on any atom is 0.191 e. The van der Waals surface area contributed by atoms with Gasteiger partial charge in [0.25, 0.3) is 0 Å². The van der Waals surface area contributed by atoms with Gasteiger partial charge in [-0.15, -0.1) is 24.0 Å². The Balaban J connectivity index is 0.00000341. The Morgan fingerprint density at radius 3 is 2.42 bits per heavy atom. The first-order valence-electron chi connectivity index (χ1n) is 11.2. The molecular formula is C22H39IN6O2. The Labute approximate surface area is 204 Å². The van der Waals surface area contributed by atoms with E-state index in [0.717, 1.165) is 77.3 Å². The number of guanidine groups is 1. The van der Waals surface area contributed by atoms with Crippen molar-refractivity contribution in [2.45, 2.75) is 32.9 Å². The molecule has 3 rings (SSSR count). The van der Waals surface area contributed by atoms with Gasteiger partial charge in [-0.2, -0.15) is 0 Å². The van der Waals surface area contributed by atoms with Gasteiger partial charge in [-0.1, -0.05) is 19.9 Å². The van der Waals surface area contributed by atoms with Gasteiger partial charge >= 0.3 is 0 Å². The number of pyridine rings is 1. The van der Waals surface area contributed by atoms with Crippen molar-refractivity contribution in [2.24, 2.45) is 10.9 Å². The van der Waals surface area contributed by atoms with E-state index in [0.29, 0.717) is 18.5 Å². The fraction of sp³-hybridized carbons (Fsp3) is 0.727. The average Bonchev–Trinajstić information content (AvgIpc) is 2.79. The van der Waals surface area contributed by atoms with E-state index in [2.05, 4.69) is 50.3 Å². The summed E-state index contributed by atoms with van der Waals surface area (Å²) in [6, 6.07) is 4.61. The number of halogens is 1. The minimum atomic E-state index is 0. The Morgan fingerprint density at radius 2 is 1.77 bits per heavy atom. The predicted octanol–water partition coefficient (Wildman–Crippen LogP) is 1.95. The molecule has 9 heteroatoms. The summed E-state index contributed by atoms with van der Waals surface area (Å²) in [5.41, 5.74) is 1.18. The van der Waals surface area contributed by atoms with Crippen LogP contribution in [0.4, 0.5) is 5.82 Å². The van der Waals surface area contributed by atoms with Gasteiger partial charge in [0.15, 0.2) is 5.96 Å². The van der Waals surface area contributed by atoms with Gasteiger partial charge in [0, 0.05) is 64.1 Å². The maximum atomic E-state index is 5.53. The number of nitrogens with one attached hydrogen (secondary N) is 2. The van der Waals surface area contributed by atoms with Gasteiger partial charge in [-0.25, -0.2) is 4.98 Å². The van der Waals surface area contributed by atoms with Crippen LogP contribution < -0.4 is 15.5 Å². The molecule has 1 unspecified atom stereocenters. The number of ether oxygens (including phenoxy) is 2. The van der Waals surface area contributed by atoms with Gasteiger partial charge < -0.3 is 25.0 Å². The highest BCUT2D eigenvalue weighted by Gasteiger charge is 2.22. The molecule has 0 spiro atoms. The molecule has 0 amide bonds. The molecule has 0 bridgehead atoms. The molecular weight excluding hydrogens is 507 g/mol. The van der Waals surface area contributed by atoms with Gasteiger partial charge in [0.1, 0.15) is 5.82 Å². The first kappa shape index (κ1) is 26.1. The fourth-order valence-corrected chi connectivity index (χ4v) is 4.09. The van der Waals surface area contributed by atoms with E-state index < -0.39 is 0 Å². The largest absolute Gasteiger partial charge is 0.379 e. The molecule has 3 heterocycles. The summed E-state index contributed by atoms with van der Waals surface area (Å²) in [6.07, 6.45) is 3.02. The highest BCUT2D eigenvalue weighted by atomic mass is 127. The second-order valence-electron chi connectivity index (χ2n) is 8.32. The molecule has 2 fully saturated rings. The quantitative estimate of drug-likeness (QED) is 0.294. The Morgan fingerprint density at radius 1 is 1.10 bits per heavy atom. The van der Waals surface area contributed by atoms with E-state index in [4.69, 9.17) is 9.47 Å². The number of anilines is 1. The van der Waals surface area contributed by atoms with E-state index in [9.17, 15) is 0 Å². The van der Waals surface area contributed by atoms with Crippen LogP contribution in [0.2, 0.25) is 0 Å². The summed E-state index contributed by atoms with van der Waals surface area (Å²) in [6.45, 7) is 13.1. The maximum absolute atomic E-state index is 5.53. The number of aliphatic imine (C=N–C) groups is 1. The highest BCUT2D eigenvalue weighted by Crippen LogP contribution is 2.18. The summed E-state index contributed by atoms with van der Waals surface area (Å²) in [5, 5.41) is 7.02. The molecule has 2 saturated heterocycles. The van der Waals surface area contributed by atoms with Crippen LogP contribution in [0.1, 0.15) is 25.8 Å². The van der Waals surface area contributed by atoms with E-state index in [1.807, 2.05) is 19.3 Å². The number of hydrogen-bond acceptors (Lipinski definition) is 6. The zero-order valence-corrected chi connectivity index (χ0v) is 21.5. The van der Waals surface area contributed by atoms with Crippen LogP contribution in [-0.4, -0.2) is 88.1 Å². The lowest BCUT2D eigenvalue weighted by molar-refractivity contribution is 0.0132. The monoisotopic (exact) mass is 546 g/mol. The van der Waals surface area contributed by atoms with Gasteiger partial charge in [-0.05, 0) is 18.4 Å². The number of aromatic nitrogens is 1. The van der Waals surface area contributed by atoms with Crippen molar-refractivity contribution < 1.29 is 9.47 Å². The molecule has 1 aromatic rings. The lowest BCUT2D eigenvalue weighted by Crippen LogP contribution is -2.51. The Kier molecular flexibility index (Phi) is 11.8.